The van der Waals surface area contributed by atoms with Crippen LogP contribution in [-0.4, -0.2) is 7.11 Å². The predicted molar refractivity (Wildman–Crippen MR) is 98.9 cm³/mol. The van der Waals surface area contributed by atoms with Gasteiger partial charge in [0.25, 0.3) is 0 Å². The second kappa shape index (κ2) is 5.85. The molecule has 0 aromatic heterocycles. The molecule has 0 N–H and O–H groups in total. The monoisotopic (exact) mass is 335 g/mol. The van der Waals surface area contributed by atoms with E-state index in [9.17, 15) is 4.57 Å². The number of methoxy groups -OCH3 is 1. The number of benzene rings is 3. The van der Waals surface area contributed by atoms with Crippen LogP contribution in [0.15, 0.2) is 78.9 Å². The van der Waals surface area contributed by atoms with Gasteiger partial charge in [0.05, 0.1) is 13.7 Å². The first kappa shape index (κ1) is 15.0. The van der Waals surface area contributed by atoms with Crippen molar-refractivity contribution in [3.63, 3.8) is 0 Å². The van der Waals surface area contributed by atoms with Gasteiger partial charge in [0.2, 0.25) is 7.29 Å². The standard InChI is InChI=1S/C20H18NO2P/c1-23-18-11-7-12-19(14-18)24(22)20-13-6-5-8-16(20)15-21(24)17-9-3-2-4-10-17/h2-14H,15H2,1H3. The Balaban J connectivity index is 1.94. The first-order valence-corrected chi connectivity index (χ1v) is 9.55. The SMILES string of the molecule is COc1cccc(P2(=O)c3ccccc3CN2c2ccccc2)c1. The van der Waals surface area contributed by atoms with Crippen molar-refractivity contribution in [3.8, 4) is 5.75 Å². The quantitative estimate of drug-likeness (QED) is 0.679. The number of anilines is 1. The van der Waals surface area contributed by atoms with Gasteiger partial charge in [-0.3, -0.25) is 4.57 Å². The third-order valence-corrected chi connectivity index (χ3v) is 7.56. The molecule has 24 heavy (non-hydrogen) atoms. The Morgan fingerprint density at radius 2 is 1.67 bits per heavy atom. The molecule has 0 spiro atoms. The normalized spacial score (nSPS) is 19.1. The third-order valence-electron chi connectivity index (χ3n) is 4.44. The summed E-state index contributed by atoms with van der Waals surface area (Å²) >= 11 is 0. The van der Waals surface area contributed by atoms with Gasteiger partial charge >= 0.3 is 0 Å². The summed E-state index contributed by atoms with van der Waals surface area (Å²) in [5.74, 6) is 0.722. The van der Waals surface area contributed by atoms with E-state index in [-0.39, 0.29) is 0 Å². The molecule has 4 rings (SSSR count). The maximum atomic E-state index is 14.3. The highest BCUT2D eigenvalue weighted by molar-refractivity contribution is 7.80. The average molecular weight is 335 g/mol. The molecule has 0 saturated heterocycles. The van der Waals surface area contributed by atoms with E-state index < -0.39 is 7.29 Å². The smallest absolute Gasteiger partial charge is 0.230 e. The van der Waals surface area contributed by atoms with Crippen molar-refractivity contribution in [1.82, 2.24) is 0 Å². The van der Waals surface area contributed by atoms with Gasteiger partial charge in [0, 0.05) is 16.3 Å². The van der Waals surface area contributed by atoms with E-state index in [2.05, 4.69) is 6.07 Å². The van der Waals surface area contributed by atoms with E-state index >= 15 is 0 Å². The van der Waals surface area contributed by atoms with Crippen LogP contribution in [0.4, 0.5) is 5.69 Å². The highest BCUT2D eigenvalue weighted by atomic mass is 31.2. The van der Waals surface area contributed by atoms with Gasteiger partial charge in [-0.05, 0) is 42.0 Å². The number of hydrogen-bond acceptors (Lipinski definition) is 2. The molecule has 1 aliphatic heterocycles. The molecule has 3 aromatic rings. The van der Waals surface area contributed by atoms with Gasteiger partial charge in [0.15, 0.2) is 0 Å². The Morgan fingerprint density at radius 1 is 0.917 bits per heavy atom. The van der Waals surface area contributed by atoms with Gasteiger partial charge in [-0.1, -0.05) is 42.5 Å². The summed E-state index contributed by atoms with van der Waals surface area (Å²) in [6, 6.07) is 25.6. The van der Waals surface area contributed by atoms with Crippen LogP contribution in [-0.2, 0) is 11.1 Å². The van der Waals surface area contributed by atoms with Crippen molar-refractivity contribution in [2.24, 2.45) is 0 Å². The molecular weight excluding hydrogens is 317 g/mol. The summed E-state index contributed by atoms with van der Waals surface area (Å²) in [6.45, 7) is 0.647. The largest absolute Gasteiger partial charge is 0.497 e. The Labute approximate surface area is 141 Å². The van der Waals surface area contributed by atoms with Gasteiger partial charge in [-0.2, -0.15) is 0 Å². The summed E-state index contributed by atoms with van der Waals surface area (Å²) in [7, 11) is -1.30. The van der Waals surface area contributed by atoms with Crippen molar-refractivity contribution in [1.29, 1.82) is 0 Å². The molecule has 0 aliphatic carbocycles. The van der Waals surface area contributed by atoms with E-state index in [1.165, 1.54) is 0 Å². The Hall–Kier alpha value is -2.51. The van der Waals surface area contributed by atoms with Gasteiger partial charge in [0.1, 0.15) is 5.75 Å². The van der Waals surface area contributed by atoms with Gasteiger partial charge < -0.3 is 9.41 Å². The highest BCUT2D eigenvalue weighted by Gasteiger charge is 2.42. The lowest BCUT2D eigenvalue weighted by atomic mass is 10.2. The summed E-state index contributed by atoms with van der Waals surface area (Å²) in [5, 5.41) is 1.72. The molecule has 1 unspecified atom stereocenters. The summed E-state index contributed by atoms with van der Waals surface area (Å²) in [6.07, 6.45) is 0. The van der Waals surface area contributed by atoms with Crippen LogP contribution in [0.5, 0.6) is 5.75 Å². The number of ether oxygens (including phenoxy) is 1. The molecule has 3 aromatic carbocycles. The first-order valence-electron chi connectivity index (χ1n) is 7.89. The van der Waals surface area contributed by atoms with Crippen molar-refractivity contribution in [2.45, 2.75) is 6.54 Å². The van der Waals surface area contributed by atoms with Crippen LogP contribution in [0.3, 0.4) is 0 Å². The van der Waals surface area contributed by atoms with Gasteiger partial charge in [-0.15, -0.1) is 0 Å². The van der Waals surface area contributed by atoms with E-state index in [1.807, 2.05) is 77.5 Å². The molecule has 0 fully saturated rings. The first-order chi connectivity index (χ1) is 11.7. The maximum absolute atomic E-state index is 14.3. The Kier molecular flexibility index (Phi) is 3.66. The fourth-order valence-corrected chi connectivity index (χ4v) is 6.30. The van der Waals surface area contributed by atoms with Crippen molar-refractivity contribution >= 4 is 23.6 Å². The number of nitrogens with zero attached hydrogens (tertiary/aromatic N) is 1. The fourth-order valence-electron chi connectivity index (χ4n) is 3.26. The van der Waals surface area contributed by atoms with Crippen LogP contribution in [0.2, 0.25) is 0 Å². The minimum atomic E-state index is -2.93. The summed E-state index contributed by atoms with van der Waals surface area (Å²) in [4.78, 5) is 0. The van der Waals surface area contributed by atoms with Crippen molar-refractivity contribution in [3.05, 3.63) is 84.4 Å². The van der Waals surface area contributed by atoms with Crippen LogP contribution in [0, 0.1) is 0 Å². The van der Waals surface area contributed by atoms with Crippen molar-refractivity contribution < 1.29 is 9.30 Å². The van der Waals surface area contributed by atoms with Crippen LogP contribution >= 0.6 is 7.29 Å². The van der Waals surface area contributed by atoms with E-state index in [0.717, 1.165) is 27.6 Å². The Bertz CT molecular complexity index is 924. The minimum absolute atomic E-state index is 0.647. The molecule has 3 nitrogen and oxygen atoms in total. The molecule has 0 amide bonds. The average Bonchev–Trinajstić information content (AvgIpc) is 2.97. The molecule has 120 valence electrons. The molecule has 0 saturated carbocycles. The van der Waals surface area contributed by atoms with Gasteiger partial charge in [-0.25, -0.2) is 0 Å². The molecule has 0 radical (unpaired) electrons. The zero-order chi connectivity index (χ0) is 16.6. The maximum Gasteiger partial charge on any atom is 0.230 e. The van der Waals surface area contributed by atoms with E-state index in [1.54, 1.807) is 7.11 Å². The topological polar surface area (TPSA) is 29.5 Å². The van der Waals surface area contributed by atoms with Crippen molar-refractivity contribution in [2.75, 3.05) is 11.8 Å². The zero-order valence-electron chi connectivity index (χ0n) is 13.4. The third kappa shape index (κ3) is 2.24. The number of hydrogen-bond donors (Lipinski definition) is 0. The molecule has 4 heteroatoms. The van der Waals surface area contributed by atoms with Crippen LogP contribution in [0.1, 0.15) is 5.56 Å². The highest BCUT2D eigenvalue weighted by Crippen LogP contribution is 2.55. The Morgan fingerprint density at radius 3 is 2.46 bits per heavy atom. The number of rotatable bonds is 3. The van der Waals surface area contributed by atoms with Crippen LogP contribution in [0.25, 0.3) is 0 Å². The van der Waals surface area contributed by atoms with Crippen LogP contribution < -0.4 is 20.0 Å². The van der Waals surface area contributed by atoms with E-state index in [4.69, 9.17) is 4.74 Å². The molecule has 1 heterocycles. The number of fused-ring (bicyclic) bond motifs is 1. The molecule has 1 aliphatic rings. The zero-order valence-corrected chi connectivity index (χ0v) is 14.3. The molecule has 1 atom stereocenters. The van der Waals surface area contributed by atoms with E-state index in [0.29, 0.717) is 6.54 Å². The second-order valence-corrected chi connectivity index (χ2v) is 8.43. The number of para-hydroxylation sites is 1. The molecule has 0 bridgehead atoms. The predicted octanol–water partition coefficient (Wildman–Crippen LogP) is 3.94. The minimum Gasteiger partial charge on any atom is -0.497 e. The molecular formula is C20H18NO2P. The lowest BCUT2D eigenvalue weighted by Gasteiger charge is -2.28. The fraction of sp³-hybridized carbons (Fsp3) is 0.100. The summed E-state index contributed by atoms with van der Waals surface area (Å²) < 4.78 is 21.7. The second-order valence-electron chi connectivity index (χ2n) is 5.80. The lowest BCUT2D eigenvalue weighted by Crippen LogP contribution is -2.24. The lowest BCUT2D eigenvalue weighted by molar-refractivity contribution is 0.415. The summed E-state index contributed by atoms with van der Waals surface area (Å²) in [5.41, 5.74) is 2.09.